The third kappa shape index (κ3) is 3.76. The van der Waals surface area contributed by atoms with E-state index in [2.05, 4.69) is 15.5 Å². The van der Waals surface area contributed by atoms with Gasteiger partial charge in [0, 0.05) is 28.9 Å². The van der Waals surface area contributed by atoms with Gasteiger partial charge in [-0.2, -0.15) is 4.98 Å². The number of aromatic nitrogens is 3. The van der Waals surface area contributed by atoms with Crippen LogP contribution < -0.4 is 5.32 Å². The number of carbonyl (C=O) groups excluding carboxylic acids is 1. The first kappa shape index (κ1) is 17.8. The van der Waals surface area contributed by atoms with Crippen molar-refractivity contribution in [1.82, 2.24) is 20.0 Å². The number of amides is 1. The third-order valence-electron chi connectivity index (χ3n) is 4.92. The fourth-order valence-electron chi connectivity index (χ4n) is 3.15. The second-order valence-corrected chi connectivity index (χ2v) is 7.38. The summed E-state index contributed by atoms with van der Waals surface area (Å²) in [5, 5.41) is 7.65. The number of aryl methyl sites for hydroxylation is 1. The minimum absolute atomic E-state index is 0.0764. The summed E-state index contributed by atoms with van der Waals surface area (Å²) in [5.74, 6) is 1.68. The van der Waals surface area contributed by atoms with Gasteiger partial charge in [-0.15, -0.1) is 0 Å². The molecule has 0 saturated heterocycles. The highest BCUT2D eigenvalue weighted by Crippen LogP contribution is 2.39. The Balaban J connectivity index is 1.46. The molecule has 1 aliphatic rings. The van der Waals surface area contributed by atoms with Gasteiger partial charge in [0.1, 0.15) is 6.54 Å². The van der Waals surface area contributed by atoms with Crippen LogP contribution in [0.15, 0.2) is 34.9 Å². The second kappa shape index (κ2) is 7.19. The summed E-state index contributed by atoms with van der Waals surface area (Å²) in [4.78, 5) is 16.9. The van der Waals surface area contributed by atoms with Crippen molar-refractivity contribution in [2.45, 2.75) is 45.7 Å². The molecule has 1 amide bonds. The lowest BCUT2D eigenvalue weighted by atomic mass is 10.2. The molecule has 4 rings (SSSR count). The number of carbonyl (C=O) groups is 1. The van der Waals surface area contributed by atoms with Gasteiger partial charge in [-0.05, 0) is 44.4 Å². The Hall–Kier alpha value is -2.60. The van der Waals surface area contributed by atoms with Crippen molar-refractivity contribution in [3.63, 3.8) is 0 Å². The Kier molecular flexibility index (Phi) is 4.74. The van der Waals surface area contributed by atoms with Gasteiger partial charge in [-0.3, -0.25) is 4.79 Å². The topological polar surface area (TPSA) is 73.0 Å². The number of hydrogen-bond donors (Lipinski definition) is 1. The third-order valence-corrected chi connectivity index (χ3v) is 5.29. The maximum absolute atomic E-state index is 12.4. The van der Waals surface area contributed by atoms with E-state index in [1.54, 1.807) is 0 Å². The average molecular weight is 385 g/mol. The minimum Gasteiger partial charge on any atom is -0.350 e. The van der Waals surface area contributed by atoms with E-state index in [0.29, 0.717) is 23.4 Å². The van der Waals surface area contributed by atoms with E-state index in [4.69, 9.17) is 16.1 Å². The van der Waals surface area contributed by atoms with E-state index in [-0.39, 0.29) is 12.5 Å². The molecular formula is C20H21ClN4O2. The van der Waals surface area contributed by atoms with Crippen molar-refractivity contribution in [1.29, 1.82) is 0 Å². The summed E-state index contributed by atoms with van der Waals surface area (Å²) in [5.41, 5.74) is 3.69. The van der Waals surface area contributed by atoms with Crippen LogP contribution in [0.2, 0.25) is 5.02 Å². The smallest absolute Gasteiger partial charge is 0.259 e. The Morgan fingerprint density at radius 3 is 2.85 bits per heavy atom. The predicted molar refractivity (Wildman–Crippen MR) is 102 cm³/mol. The molecule has 1 fully saturated rings. The lowest BCUT2D eigenvalue weighted by molar-refractivity contribution is -0.121. The van der Waals surface area contributed by atoms with Crippen molar-refractivity contribution < 1.29 is 9.32 Å². The summed E-state index contributed by atoms with van der Waals surface area (Å²) in [7, 11) is 0. The first-order valence-electron chi connectivity index (χ1n) is 9.03. The molecule has 0 bridgehead atoms. The molecule has 2 heterocycles. The lowest BCUT2D eigenvalue weighted by Crippen LogP contribution is -2.28. The average Bonchev–Trinajstić information content (AvgIpc) is 3.33. The molecule has 1 aliphatic carbocycles. The molecule has 7 heteroatoms. The zero-order chi connectivity index (χ0) is 19.0. The van der Waals surface area contributed by atoms with Gasteiger partial charge < -0.3 is 14.4 Å². The van der Waals surface area contributed by atoms with Crippen LogP contribution in [0.3, 0.4) is 0 Å². The molecule has 0 aliphatic heterocycles. The summed E-state index contributed by atoms with van der Waals surface area (Å²) in [6.07, 6.45) is 2.26. The SMILES string of the molecule is Cc1cc(-c2nc(C3CC3)no2)c(C)n1CC(=O)NCc1ccccc1Cl. The summed E-state index contributed by atoms with van der Waals surface area (Å²) in [6, 6.07) is 9.48. The van der Waals surface area contributed by atoms with Crippen molar-refractivity contribution in [2.24, 2.45) is 0 Å². The lowest BCUT2D eigenvalue weighted by Gasteiger charge is -2.11. The minimum atomic E-state index is -0.0764. The van der Waals surface area contributed by atoms with Crippen LogP contribution in [0.5, 0.6) is 0 Å². The van der Waals surface area contributed by atoms with Gasteiger partial charge in [0.05, 0.1) is 5.56 Å². The van der Waals surface area contributed by atoms with Crippen LogP contribution in [0.25, 0.3) is 11.5 Å². The Labute approximate surface area is 162 Å². The van der Waals surface area contributed by atoms with Crippen LogP contribution in [-0.2, 0) is 17.9 Å². The Morgan fingerprint density at radius 2 is 2.11 bits per heavy atom. The zero-order valence-electron chi connectivity index (χ0n) is 15.3. The fraction of sp³-hybridized carbons (Fsp3) is 0.350. The number of rotatable bonds is 6. The molecule has 3 aromatic rings. The molecule has 2 aromatic heterocycles. The van der Waals surface area contributed by atoms with E-state index < -0.39 is 0 Å². The Bertz CT molecular complexity index is 988. The number of hydrogen-bond acceptors (Lipinski definition) is 4. The normalized spacial score (nSPS) is 13.7. The van der Waals surface area contributed by atoms with Crippen molar-refractivity contribution >= 4 is 17.5 Å². The highest BCUT2D eigenvalue weighted by atomic mass is 35.5. The van der Waals surface area contributed by atoms with Crippen LogP contribution in [0.4, 0.5) is 0 Å². The van der Waals surface area contributed by atoms with E-state index in [9.17, 15) is 4.79 Å². The molecule has 0 radical (unpaired) electrons. The second-order valence-electron chi connectivity index (χ2n) is 6.97. The molecule has 27 heavy (non-hydrogen) atoms. The molecule has 0 unspecified atom stereocenters. The molecule has 6 nitrogen and oxygen atoms in total. The van der Waals surface area contributed by atoms with Crippen LogP contribution in [-0.4, -0.2) is 20.6 Å². The predicted octanol–water partition coefficient (Wildman–Crippen LogP) is 4.00. The van der Waals surface area contributed by atoms with E-state index in [0.717, 1.165) is 41.2 Å². The van der Waals surface area contributed by atoms with Gasteiger partial charge in [-0.25, -0.2) is 0 Å². The largest absolute Gasteiger partial charge is 0.350 e. The molecular weight excluding hydrogens is 364 g/mol. The van der Waals surface area contributed by atoms with Gasteiger partial charge in [0.15, 0.2) is 5.82 Å². The number of benzene rings is 1. The van der Waals surface area contributed by atoms with Crippen molar-refractivity contribution in [3.05, 3.63) is 58.1 Å². The van der Waals surface area contributed by atoms with Gasteiger partial charge in [0.25, 0.3) is 5.89 Å². The van der Waals surface area contributed by atoms with E-state index in [1.807, 2.05) is 48.7 Å². The molecule has 0 atom stereocenters. The van der Waals surface area contributed by atoms with Crippen LogP contribution in [0, 0.1) is 13.8 Å². The molecule has 140 valence electrons. The molecule has 1 saturated carbocycles. The number of halogens is 1. The monoisotopic (exact) mass is 384 g/mol. The van der Waals surface area contributed by atoms with Crippen molar-refractivity contribution in [2.75, 3.05) is 0 Å². The first-order valence-corrected chi connectivity index (χ1v) is 9.41. The number of nitrogens with one attached hydrogen (secondary N) is 1. The maximum atomic E-state index is 12.4. The molecule has 1 N–H and O–H groups in total. The zero-order valence-corrected chi connectivity index (χ0v) is 16.1. The van der Waals surface area contributed by atoms with E-state index >= 15 is 0 Å². The standard InChI is InChI=1S/C20H21ClN4O2/c1-12-9-16(20-23-19(24-27-20)14-7-8-14)13(2)25(12)11-18(26)22-10-15-5-3-4-6-17(15)21/h3-6,9,14H,7-8,10-11H2,1-2H3,(H,22,26). The summed E-state index contributed by atoms with van der Waals surface area (Å²) in [6.45, 7) is 4.56. The van der Waals surface area contributed by atoms with Gasteiger partial charge >= 0.3 is 0 Å². The highest BCUT2D eigenvalue weighted by Gasteiger charge is 2.29. The fourth-order valence-corrected chi connectivity index (χ4v) is 3.35. The maximum Gasteiger partial charge on any atom is 0.259 e. The summed E-state index contributed by atoms with van der Waals surface area (Å²) >= 11 is 6.14. The summed E-state index contributed by atoms with van der Waals surface area (Å²) < 4.78 is 7.39. The highest BCUT2D eigenvalue weighted by molar-refractivity contribution is 6.31. The van der Waals surface area contributed by atoms with Crippen LogP contribution >= 0.6 is 11.6 Å². The van der Waals surface area contributed by atoms with Crippen LogP contribution in [0.1, 0.15) is 41.5 Å². The Morgan fingerprint density at radius 1 is 1.33 bits per heavy atom. The first-order chi connectivity index (χ1) is 13.0. The molecule has 0 spiro atoms. The number of nitrogens with zero attached hydrogens (tertiary/aromatic N) is 3. The van der Waals surface area contributed by atoms with Gasteiger partial charge in [0.2, 0.25) is 5.91 Å². The quantitative estimate of drug-likeness (QED) is 0.697. The van der Waals surface area contributed by atoms with Gasteiger partial charge in [-0.1, -0.05) is 35.0 Å². The molecule has 1 aromatic carbocycles. The van der Waals surface area contributed by atoms with Crippen molar-refractivity contribution in [3.8, 4) is 11.5 Å². The van der Waals surface area contributed by atoms with E-state index in [1.165, 1.54) is 0 Å².